The standard InChI is InChI=1S/C14H17N3O2/c1-10-8-13(16-17(10)2)14(18)15-9-11-4-6-12(19-3)7-5-11/h4-8H,9H2,1-3H3,(H,15,18). The van der Waals surface area contributed by atoms with Gasteiger partial charge in [0, 0.05) is 19.3 Å². The number of carbonyl (C=O) groups is 1. The van der Waals surface area contributed by atoms with E-state index in [-0.39, 0.29) is 5.91 Å². The molecule has 0 atom stereocenters. The third-order valence-electron chi connectivity index (χ3n) is 2.96. The van der Waals surface area contributed by atoms with E-state index in [0.717, 1.165) is 17.0 Å². The van der Waals surface area contributed by atoms with Crippen LogP contribution in [0.15, 0.2) is 30.3 Å². The van der Waals surface area contributed by atoms with Crippen LogP contribution in [-0.2, 0) is 13.6 Å². The van der Waals surface area contributed by atoms with Gasteiger partial charge in [-0.3, -0.25) is 9.48 Å². The molecule has 0 aliphatic rings. The predicted molar refractivity (Wildman–Crippen MR) is 72.1 cm³/mol. The number of benzene rings is 1. The second-order valence-electron chi connectivity index (χ2n) is 4.33. The number of ether oxygens (including phenoxy) is 1. The first-order valence-electron chi connectivity index (χ1n) is 6.02. The first-order chi connectivity index (χ1) is 9.10. The predicted octanol–water partition coefficient (Wildman–Crippen LogP) is 1.67. The third-order valence-corrected chi connectivity index (χ3v) is 2.96. The van der Waals surface area contributed by atoms with Gasteiger partial charge in [-0.05, 0) is 30.7 Å². The van der Waals surface area contributed by atoms with Gasteiger partial charge in [0.2, 0.25) is 0 Å². The van der Waals surface area contributed by atoms with Crippen LogP contribution in [0.1, 0.15) is 21.7 Å². The number of hydrogen-bond acceptors (Lipinski definition) is 3. The molecule has 5 nitrogen and oxygen atoms in total. The van der Waals surface area contributed by atoms with Crippen LogP contribution < -0.4 is 10.1 Å². The molecule has 1 amide bonds. The van der Waals surface area contributed by atoms with Crippen LogP contribution in [-0.4, -0.2) is 22.8 Å². The van der Waals surface area contributed by atoms with Crippen LogP contribution in [0.25, 0.3) is 0 Å². The van der Waals surface area contributed by atoms with Gasteiger partial charge in [-0.25, -0.2) is 0 Å². The zero-order valence-electron chi connectivity index (χ0n) is 11.3. The molecule has 0 spiro atoms. The fourth-order valence-electron chi connectivity index (χ4n) is 1.69. The van der Waals surface area contributed by atoms with Crippen molar-refractivity contribution in [1.82, 2.24) is 15.1 Å². The lowest BCUT2D eigenvalue weighted by Crippen LogP contribution is -2.23. The van der Waals surface area contributed by atoms with Crippen LogP contribution in [0.3, 0.4) is 0 Å². The molecule has 2 rings (SSSR count). The number of rotatable bonds is 4. The van der Waals surface area contributed by atoms with Gasteiger partial charge >= 0.3 is 0 Å². The van der Waals surface area contributed by atoms with Crippen molar-refractivity contribution in [3.8, 4) is 5.75 Å². The molecule has 1 heterocycles. The second-order valence-corrected chi connectivity index (χ2v) is 4.33. The zero-order valence-corrected chi connectivity index (χ0v) is 11.3. The van der Waals surface area contributed by atoms with E-state index >= 15 is 0 Å². The van der Waals surface area contributed by atoms with Crippen molar-refractivity contribution in [2.24, 2.45) is 7.05 Å². The average molecular weight is 259 g/mol. The van der Waals surface area contributed by atoms with E-state index in [9.17, 15) is 4.79 Å². The van der Waals surface area contributed by atoms with Crippen LogP contribution in [0.2, 0.25) is 0 Å². The molecule has 0 radical (unpaired) electrons. The summed E-state index contributed by atoms with van der Waals surface area (Å²) in [5.74, 6) is 0.634. The Morgan fingerprint density at radius 1 is 1.37 bits per heavy atom. The van der Waals surface area contributed by atoms with Crippen molar-refractivity contribution in [3.05, 3.63) is 47.3 Å². The maximum Gasteiger partial charge on any atom is 0.272 e. The summed E-state index contributed by atoms with van der Waals surface area (Å²) in [6.07, 6.45) is 0. The molecule has 1 aromatic carbocycles. The Hall–Kier alpha value is -2.30. The summed E-state index contributed by atoms with van der Waals surface area (Å²) in [7, 11) is 3.44. The second kappa shape index (κ2) is 5.56. The fourth-order valence-corrected chi connectivity index (χ4v) is 1.69. The van der Waals surface area contributed by atoms with Crippen molar-refractivity contribution in [2.45, 2.75) is 13.5 Å². The lowest BCUT2D eigenvalue weighted by Gasteiger charge is -2.04. The molecule has 0 saturated heterocycles. The van der Waals surface area contributed by atoms with Crippen molar-refractivity contribution in [2.75, 3.05) is 7.11 Å². The SMILES string of the molecule is COc1ccc(CNC(=O)c2cc(C)n(C)n2)cc1. The molecule has 0 bridgehead atoms. The van der Waals surface area contributed by atoms with E-state index in [2.05, 4.69) is 10.4 Å². The fraction of sp³-hybridized carbons (Fsp3) is 0.286. The largest absolute Gasteiger partial charge is 0.497 e. The molecule has 2 aromatic rings. The number of amides is 1. The van der Waals surface area contributed by atoms with Gasteiger partial charge in [0.1, 0.15) is 11.4 Å². The van der Waals surface area contributed by atoms with E-state index in [1.165, 1.54) is 0 Å². The van der Waals surface area contributed by atoms with E-state index < -0.39 is 0 Å². The number of carbonyl (C=O) groups excluding carboxylic acids is 1. The van der Waals surface area contributed by atoms with Crippen LogP contribution in [0.5, 0.6) is 5.75 Å². The molecule has 100 valence electrons. The Kier molecular flexibility index (Phi) is 3.85. The van der Waals surface area contributed by atoms with Crippen molar-refractivity contribution in [3.63, 3.8) is 0 Å². The molecule has 0 aliphatic heterocycles. The Morgan fingerprint density at radius 2 is 2.05 bits per heavy atom. The molecule has 0 aliphatic carbocycles. The van der Waals surface area contributed by atoms with Gasteiger partial charge in [-0.2, -0.15) is 5.10 Å². The molecule has 1 aromatic heterocycles. The zero-order chi connectivity index (χ0) is 13.8. The van der Waals surface area contributed by atoms with Gasteiger partial charge in [-0.15, -0.1) is 0 Å². The lowest BCUT2D eigenvalue weighted by molar-refractivity contribution is 0.0945. The first kappa shape index (κ1) is 13.1. The molecular formula is C14H17N3O2. The van der Waals surface area contributed by atoms with Crippen LogP contribution in [0, 0.1) is 6.92 Å². The highest BCUT2D eigenvalue weighted by Crippen LogP contribution is 2.11. The van der Waals surface area contributed by atoms with E-state index in [4.69, 9.17) is 4.74 Å². The topological polar surface area (TPSA) is 56.1 Å². The van der Waals surface area contributed by atoms with Gasteiger partial charge in [-0.1, -0.05) is 12.1 Å². The minimum Gasteiger partial charge on any atom is -0.497 e. The molecular weight excluding hydrogens is 242 g/mol. The van der Waals surface area contributed by atoms with E-state index in [1.54, 1.807) is 17.9 Å². The van der Waals surface area contributed by atoms with Crippen molar-refractivity contribution < 1.29 is 9.53 Å². The summed E-state index contributed by atoms with van der Waals surface area (Å²) in [4.78, 5) is 11.9. The molecule has 0 unspecified atom stereocenters. The third kappa shape index (κ3) is 3.13. The highest BCUT2D eigenvalue weighted by atomic mass is 16.5. The number of aromatic nitrogens is 2. The van der Waals surface area contributed by atoms with Crippen molar-refractivity contribution in [1.29, 1.82) is 0 Å². The van der Waals surface area contributed by atoms with Gasteiger partial charge < -0.3 is 10.1 Å². The van der Waals surface area contributed by atoms with Crippen molar-refractivity contribution >= 4 is 5.91 Å². The van der Waals surface area contributed by atoms with Crippen LogP contribution >= 0.6 is 0 Å². The maximum absolute atomic E-state index is 11.9. The summed E-state index contributed by atoms with van der Waals surface area (Å²) in [6, 6.07) is 9.34. The highest BCUT2D eigenvalue weighted by Gasteiger charge is 2.10. The number of nitrogens with one attached hydrogen (secondary N) is 1. The van der Waals surface area contributed by atoms with E-state index in [0.29, 0.717) is 12.2 Å². The smallest absolute Gasteiger partial charge is 0.272 e. The summed E-state index contributed by atoms with van der Waals surface area (Å²) in [6.45, 7) is 2.38. The molecule has 0 saturated carbocycles. The number of aryl methyl sites for hydroxylation is 2. The van der Waals surface area contributed by atoms with Crippen LogP contribution in [0.4, 0.5) is 0 Å². The lowest BCUT2D eigenvalue weighted by atomic mass is 10.2. The minimum absolute atomic E-state index is 0.167. The molecule has 5 heteroatoms. The number of nitrogens with zero attached hydrogens (tertiary/aromatic N) is 2. The summed E-state index contributed by atoms with van der Waals surface area (Å²) in [5.41, 5.74) is 2.41. The Balaban J connectivity index is 1.96. The molecule has 1 N–H and O–H groups in total. The van der Waals surface area contributed by atoms with Gasteiger partial charge in [0.05, 0.1) is 7.11 Å². The number of methoxy groups -OCH3 is 1. The Morgan fingerprint density at radius 3 is 2.58 bits per heavy atom. The first-order valence-corrected chi connectivity index (χ1v) is 6.02. The maximum atomic E-state index is 11.9. The average Bonchev–Trinajstić information content (AvgIpc) is 2.77. The number of hydrogen-bond donors (Lipinski definition) is 1. The quantitative estimate of drug-likeness (QED) is 0.908. The van der Waals surface area contributed by atoms with Gasteiger partial charge in [0.25, 0.3) is 5.91 Å². The summed E-state index contributed by atoms with van der Waals surface area (Å²) >= 11 is 0. The van der Waals surface area contributed by atoms with E-state index in [1.807, 2.05) is 38.2 Å². The highest BCUT2D eigenvalue weighted by molar-refractivity contribution is 5.92. The minimum atomic E-state index is -0.167. The van der Waals surface area contributed by atoms with Gasteiger partial charge in [0.15, 0.2) is 0 Å². The Labute approximate surface area is 112 Å². The summed E-state index contributed by atoms with van der Waals surface area (Å²) in [5, 5.41) is 6.97. The summed E-state index contributed by atoms with van der Waals surface area (Å²) < 4.78 is 6.76. The normalized spacial score (nSPS) is 10.3. The molecule has 19 heavy (non-hydrogen) atoms. The Bertz CT molecular complexity index is 553. The molecule has 0 fully saturated rings. The monoisotopic (exact) mass is 259 g/mol.